The zero-order valence-corrected chi connectivity index (χ0v) is 12.9. The van der Waals surface area contributed by atoms with E-state index in [9.17, 15) is 22.0 Å². The van der Waals surface area contributed by atoms with Crippen LogP contribution in [0.1, 0.15) is 0 Å². The average Bonchev–Trinajstić information content (AvgIpc) is 2.49. The first-order valence-electron chi connectivity index (χ1n) is 6.32. The Kier molecular flexibility index (Phi) is 3.69. The molecule has 0 atom stereocenters. The van der Waals surface area contributed by atoms with Gasteiger partial charge in [0.1, 0.15) is 16.5 Å². The quantitative estimate of drug-likeness (QED) is 0.717. The number of hydrogen-bond donors (Lipinski definition) is 1. The van der Waals surface area contributed by atoms with Gasteiger partial charge in [-0.25, -0.2) is 17.2 Å². The minimum Gasteiger partial charge on any atom is -0.360 e. The maximum atomic E-state index is 13.2. The monoisotopic (exact) mass is 355 g/mol. The van der Waals surface area contributed by atoms with E-state index in [1.807, 2.05) is 0 Å². The van der Waals surface area contributed by atoms with Crippen molar-refractivity contribution in [2.45, 2.75) is 9.79 Å². The van der Waals surface area contributed by atoms with Gasteiger partial charge in [0.15, 0.2) is 0 Å². The third kappa shape index (κ3) is 2.62. The lowest BCUT2D eigenvalue weighted by atomic mass is 10.2. The second-order valence-electron chi connectivity index (χ2n) is 4.75. The normalized spacial score (nSPS) is 11.8. The highest BCUT2D eigenvalue weighted by atomic mass is 35.5. The molecule has 0 unspecified atom stereocenters. The van der Waals surface area contributed by atoms with E-state index in [0.717, 1.165) is 36.5 Å². The fourth-order valence-electron chi connectivity index (χ4n) is 2.15. The molecular formula is C15H8ClF2NO3S. The van der Waals surface area contributed by atoms with Gasteiger partial charge in [-0.1, -0.05) is 11.6 Å². The van der Waals surface area contributed by atoms with Gasteiger partial charge < -0.3 is 4.98 Å². The molecule has 1 heterocycles. The summed E-state index contributed by atoms with van der Waals surface area (Å²) in [6, 6.07) is 6.19. The zero-order chi connectivity index (χ0) is 16.8. The van der Waals surface area contributed by atoms with Crippen molar-refractivity contribution in [3.8, 4) is 0 Å². The zero-order valence-electron chi connectivity index (χ0n) is 11.3. The highest BCUT2D eigenvalue weighted by Crippen LogP contribution is 2.24. The highest BCUT2D eigenvalue weighted by Gasteiger charge is 2.23. The molecule has 23 heavy (non-hydrogen) atoms. The van der Waals surface area contributed by atoms with Crippen LogP contribution in [0.5, 0.6) is 0 Å². The summed E-state index contributed by atoms with van der Waals surface area (Å²) in [5.41, 5.74) is -0.606. The third-order valence-electron chi connectivity index (χ3n) is 3.30. The van der Waals surface area contributed by atoms with Crippen molar-refractivity contribution in [1.82, 2.24) is 4.98 Å². The molecule has 0 spiro atoms. The van der Waals surface area contributed by atoms with Crippen LogP contribution in [0.2, 0.25) is 5.02 Å². The van der Waals surface area contributed by atoms with Gasteiger partial charge in [-0.05, 0) is 36.4 Å². The molecule has 0 fully saturated rings. The standard InChI is InChI=1S/C15H8ClF2NO3S/c16-11-6-9(2-4-12(11)18)23(21,22)14-7-19-13-5-8(17)1-3-10(13)15(14)20/h1-7H,(H,19,20). The summed E-state index contributed by atoms with van der Waals surface area (Å²) < 4.78 is 51.5. The van der Waals surface area contributed by atoms with Crippen LogP contribution < -0.4 is 5.43 Å². The van der Waals surface area contributed by atoms with Crippen LogP contribution in [0, 0.1) is 11.6 Å². The smallest absolute Gasteiger partial charge is 0.211 e. The maximum absolute atomic E-state index is 13.2. The third-order valence-corrected chi connectivity index (χ3v) is 5.35. The van der Waals surface area contributed by atoms with E-state index >= 15 is 0 Å². The Morgan fingerprint density at radius 3 is 2.48 bits per heavy atom. The second kappa shape index (κ2) is 5.43. The van der Waals surface area contributed by atoms with Crippen LogP contribution in [0.25, 0.3) is 10.9 Å². The Labute approximate surface area is 134 Å². The topological polar surface area (TPSA) is 67.0 Å². The van der Waals surface area contributed by atoms with E-state index in [2.05, 4.69) is 4.98 Å². The van der Waals surface area contributed by atoms with Gasteiger partial charge in [-0.15, -0.1) is 0 Å². The predicted octanol–water partition coefficient (Wildman–Crippen LogP) is 3.29. The van der Waals surface area contributed by atoms with Crippen LogP contribution in [0.15, 0.2) is 57.2 Å². The Bertz CT molecular complexity index is 1090. The van der Waals surface area contributed by atoms with E-state index in [-0.39, 0.29) is 20.8 Å². The summed E-state index contributed by atoms with van der Waals surface area (Å²) in [4.78, 5) is 14.1. The summed E-state index contributed by atoms with van der Waals surface area (Å²) in [6.07, 6.45) is 0.983. The molecule has 0 saturated heterocycles. The van der Waals surface area contributed by atoms with E-state index in [1.165, 1.54) is 6.07 Å². The molecule has 3 aromatic rings. The largest absolute Gasteiger partial charge is 0.360 e. The molecule has 2 aromatic carbocycles. The number of nitrogens with one attached hydrogen (secondary N) is 1. The van der Waals surface area contributed by atoms with Gasteiger partial charge >= 0.3 is 0 Å². The molecule has 0 aliphatic rings. The molecule has 0 saturated carbocycles. The number of aromatic nitrogens is 1. The van der Waals surface area contributed by atoms with Gasteiger partial charge in [0.2, 0.25) is 15.3 Å². The van der Waals surface area contributed by atoms with E-state index in [4.69, 9.17) is 11.6 Å². The molecule has 4 nitrogen and oxygen atoms in total. The molecule has 3 rings (SSSR count). The van der Waals surface area contributed by atoms with E-state index < -0.39 is 31.8 Å². The van der Waals surface area contributed by atoms with Crippen molar-refractivity contribution in [3.05, 3.63) is 69.5 Å². The first kappa shape index (κ1) is 15.6. The molecule has 0 aliphatic carbocycles. The number of rotatable bonds is 2. The molecular weight excluding hydrogens is 348 g/mol. The molecule has 118 valence electrons. The molecule has 0 radical (unpaired) electrons. The Morgan fingerprint density at radius 1 is 1.04 bits per heavy atom. The van der Waals surface area contributed by atoms with Crippen molar-refractivity contribution in [1.29, 1.82) is 0 Å². The number of fused-ring (bicyclic) bond motifs is 1. The van der Waals surface area contributed by atoms with Crippen LogP contribution in [0.4, 0.5) is 8.78 Å². The lowest BCUT2D eigenvalue weighted by Crippen LogP contribution is -2.16. The van der Waals surface area contributed by atoms with Gasteiger partial charge in [-0.2, -0.15) is 0 Å². The summed E-state index contributed by atoms with van der Waals surface area (Å²) in [5, 5.41) is -0.342. The van der Waals surface area contributed by atoms with Crippen molar-refractivity contribution in [2.75, 3.05) is 0 Å². The van der Waals surface area contributed by atoms with Crippen LogP contribution in [-0.4, -0.2) is 13.4 Å². The molecule has 0 bridgehead atoms. The first-order chi connectivity index (χ1) is 10.8. The Morgan fingerprint density at radius 2 is 1.78 bits per heavy atom. The number of pyridine rings is 1. The molecule has 0 amide bonds. The fourth-order valence-corrected chi connectivity index (χ4v) is 3.73. The lowest BCUT2D eigenvalue weighted by Gasteiger charge is -2.06. The van der Waals surface area contributed by atoms with Crippen molar-refractivity contribution in [2.24, 2.45) is 0 Å². The number of aromatic amines is 1. The first-order valence-corrected chi connectivity index (χ1v) is 8.18. The van der Waals surface area contributed by atoms with Gasteiger partial charge in [0, 0.05) is 11.6 Å². The van der Waals surface area contributed by atoms with Gasteiger partial charge in [0.25, 0.3) is 0 Å². The Hall–Kier alpha value is -2.25. The number of hydrogen-bond acceptors (Lipinski definition) is 3. The number of benzene rings is 2. The van der Waals surface area contributed by atoms with Crippen LogP contribution in [-0.2, 0) is 9.84 Å². The summed E-state index contributed by atoms with van der Waals surface area (Å²) in [7, 11) is -4.20. The summed E-state index contributed by atoms with van der Waals surface area (Å²) >= 11 is 5.59. The van der Waals surface area contributed by atoms with Crippen LogP contribution in [0.3, 0.4) is 0 Å². The second-order valence-corrected chi connectivity index (χ2v) is 7.08. The fraction of sp³-hybridized carbons (Fsp3) is 0. The SMILES string of the molecule is O=c1c(S(=O)(=O)c2ccc(F)c(Cl)c2)c[nH]c2cc(F)ccc12. The molecule has 8 heteroatoms. The number of sulfone groups is 1. The highest BCUT2D eigenvalue weighted by molar-refractivity contribution is 7.91. The predicted molar refractivity (Wildman–Crippen MR) is 81.4 cm³/mol. The minimum absolute atomic E-state index is 0.0284. The van der Waals surface area contributed by atoms with Crippen molar-refractivity contribution < 1.29 is 17.2 Å². The number of halogens is 3. The van der Waals surface area contributed by atoms with Crippen molar-refractivity contribution in [3.63, 3.8) is 0 Å². The minimum atomic E-state index is -4.20. The van der Waals surface area contributed by atoms with Gasteiger partial charge in [0.05, 0.1) is 15.4 Å². The number of H-pyrrole nitrogens is 1. The van der Waals surface area contributed by atoms with Crippen molar-refractivity contribution >= 4 is 32.3 Å². The lowest BCUT2D eigenvalue weighted by molar-refractivity contribution is 0.594. The van der Waals surface area contributed by atoms with Gasteiger partial charge in [-0.3, -0.25) is 4.79 Å². The maximum Gasteiger partial charge on any atom is 0.211 e. The molecule has 1 N–H and O–H groups in total. The van der Waals surface area contributed by atoms with E-state index in [1.54, 1.807) is 0 Å². The molecule has 0 aliphatic heterocycles. The summed E-state index contributed by atoms with van der Waals surface area (Å²) in [5.74, 6) is -1.33. The Balaban J connectivity index is 2.26. The van der Waals surface area contributed by atoms with Crippen LogP contribution >= 0.6 is 11.6 Å². The van der Waals surface area contributed by atoms with E-state index in [0.29, 0.717) is 0 Å². The molecule has 1 aromatic heterocycles. The summed E-state index contributed by atoms with van der Waals surface area (Å²) in [6.45, 7) is 0. The average molecular weight is 356 g/mol.